The molecule has 0 unspecified atom stereocenters. The Bertz CT molecular complexity index is 1120. The maximum absolute atomic E-state index is 13.0. The molecular weight excluding hydrogens is 327 g/mol. The second-order valence-corrected chi connectivity index (χ2v) is 5.75. The zero-order valence-electron chi connectivity index (χ0n) is 14.1. The number of imidazole rings is 1. The van der Waals surface area contributed by atoms with Gasteiger partial charge in [-0.25, -0.2) is 9.37 Å². The summed E-state index contributed by atoms with van der Waals surface area (Å²) in [6.07, 6.45) is 1.71. The molecule has 0 spiro atoms. The van der Waals surface area contributed by atoms with E-state index in [2.05, 4.69) is 16.8 Å². The molecule has 126 valence electrons. The van der Waals surface area contributed by atoms with Crippen LogP contribution in [0.15, 0.2) is 72.9 Å². The molecule has 0 aliphatic carbocycles. The third-order valence-corrected chi connectivity index (χ3v) is 4.07. The van der Waals surface area contributed by atoms with Gasteiger partial charge in [-0.05, 0) is 47.4 Å². The van der Waals surface area contributed by atoms with Gasteiger partial charge in [0.05, 0.1) is 13.3 Å². The molecule has 0 aliphatic heterocycles. The number of hydrogen-bond donors (Lipinski definition) is 0. The van der Waals surface area contributed by atoms with Crippen LogP contribution in [0.2, 0.25) is 0 Å². The molecule has 0 saturated carbocycles. The van der Waals surface area contributed by atoms with E-state index < -0.39 is 0 Å². The number of benzene rings is 2. The average Bonchev–Trinajstić information content (AvgIpc) is 3.10. The molecule has 4 heteroatoms. The summed E-state index contributed by atoms with van der Waals surface area (Å²) in [6.45, 7) is 0. The van der Waals surface area contributed by atoms with Crippen LogP contribution in [0.5, 0.6) is 5.88 Å². The van der Waals surface area contributed by atoms with Crippen LogP contribution in [0.25, 0.3) is 16.8 Å². The second kappa shape index (κ2) is 6.73. The normalized spacial score (nSPS) is 10.4. The Labute approximate surface area is 150 Å². The standard InChI is InChI=1S/C22H15FN2O/c1-26-22-14-18(17-5-3-2-4-6-17)13-21-24-15-20(25(21)22)12-9-16-7-10-19(23)11-8-16/h2-8,10-11,13-15H,1H3. The minimum absolute atomic E-state index is 0.277. The lowest BCUT2D eigenvalue weighted by Crippen LogP contribution is -1.97. The largest absolute Gasteiger partial charge is 0.482 e. The highest BCUT2D eigenvalue weighted by Gasteiger charge is 2.10. The van der Waals surface area contributed by atoms with Gasteiger partial charge in [0.15, 0.2) is 0 Å². The van der Waals surface area contributed by atoms with Crippen molar-refractivity contribution in [2.45, 2.75) is 0 Å². The maximum Gasteiger partial charge on any atom is 0.200 e. The summed E-state index contributed by atoms with van der Waals surface area (Å²) in [7, 11) is 1.63. The Balaban J connectivity index is 1.80. The fourth-order valence-electron chi connectivity index (χ4n) is 2.78. The topological polar surface area (TPSA) is 26.5 Å². The van der Waals surface area contributed by atoms with Gasteiger partial charge in [-0.2, -0.15) is 0 Å². The van der Waals surface area contributed by atoms with E-state index in [4.69, 9.17) is 4.74 Å². The first-order valence-corrected chi connectivity index (χ1v) is 8.13. The Morgan fingerprint density at radius 3 is 2.42 bits per heavy atom. The van der Waals surface area contributed by atoms with Crippen LogP contribution in [-0.2, 0) is 0 Å². The van der Waals surface area contributed by atoms with Gasteiger partial charge in [0, 0.05) is 11.6 Å². The first-order valence-electron chi connectivity index (χ1n) is 8.13. The zero-order chi connectivity index (χ0) is 17.9. The number of halogens is 1. The third kappa shape index (κ3) is 3.03. The fraction of sp³-hybridized carbons (Fsp3) is 0.0455. The van der Waals surface area contributed by atoms with Crippen LogP contribution < -0.4 is 4.74 Å². The van der Waals surface area contributed by atoms with Gasteiger partial charge in [0.1, 0.15) is 17.2 Å². The smallest absolute Gasteiger partial charge is 0.200 e. The van der Waals surface area contributed by atoms with Crippen LogP contribution in [-0.4, -0.2) is 16.5 Å². The molecule has 2 heterocycles. The van der Waals surface area contributed by atoms with E-state index in [-0.39, 0.29) is 5.82 Å². The minimum atomic E-state index is -0.277. The van der Waals surface area contributed by atoms with Crippen molar-refractivity contribution in [3.63, 3.8) is 0 Å². The highest BCUT2D eigenvalue weighted by Crippen LogP contribution is 2.27. The van der Waals surface area contributed by atoms with E-state index >= 15 is 0 Å². The average molecular weight is 342 g/mol. The molecule has 0 radical (unpaired) electrons. The van der Waals surface area contributed by atoms with Gasteiger partial charge < -0.3 is 4.74 Å². The molecule has 0 bridgehead atoms. The Morgan fingerprint density at radius 2 is 1.69 bits per heavy atom. The van der Waals surface area contributed by atoms with Crippen LogP contribution in [0.1, 0.15) is 11.3 Å². The lowest BCUT2D eigenvalue weighted by Gasteiger charge is -2.09. The van der Waals surface area contributed by atoms with E-state index in [1.54, 1.807) is 25.4 Å². The number of fused-ring (bicyclic) bond motifs is 1. The fourth-order valence-corrected chi connectivity index (χ4v) is 2.78. The lowest BCUT2D eigenvalue weighted by molar-refractivity contribution is 0.392. The number of nitrogens with zero attached hydrogens (tertiary/aromatic N) is 2. The Hall–Kier alpha value is -3.58. The molecule has 2 aromatic heterocycles. The van der Waals surface area contributed by atoms with E-state index in [0.29, 0.717) is 11.6 Å². The Kier molecular flexibility index (Phi) is 4.12. The minimum Gasteiger partial charge on any atom is -0.482 e. The molecule has 26 heavy (non-hydrogen) atoms. The van der Waals surface area contributed by atoms with Crippen molar-refractivity contribution in [3.8, 4) is 28.8 Å². The van der Waals surface area contributed by atoms with E-state index in [9.17, 15) is 4.39 Å². The van der Waals surface area contributed by atoms with Crippen LogP contribution in [0.3, 0.4) is 0 Å². The first kappa shape index (κ1) is 15.9. The highest BCUT2D eigenvalue weighted by atomic mass is 19.1. The number of methoxy groups -OCH3 is 1. The first-order chi connectivity index (χ1) is 12.7. The highest BCUT2D eigenvalue weighted by molar-refractivity contribution is 5.70. The molecule has 0 fully saturated rings. The van der Waals surface area contributed by atoms with Gasteiger partial charge in [0.2, 0.25) is 5.88 Å². The molecule has 4 aromatic rings. The predicted molar refractivity (Wildman–Crippen MR) is 99.6 cm³/mol. The van der Waals surface area contributed by atoms with Gasteiger partial charge >= 0.3 is 0 Å². The van der Waals surface area contributed by atoms with Crippen molar-refractivity contribution in [1.29, 1.82) is 0 Å². The maximum atomic E-state index is 13.0. The molecular formula is C22H15FN2O. The van der Waals surface area contributed by atoms with Gasteiger partial charge in [-0.3, -0.25) is 4.40 Å². The van der Waals surface area contributed by atoms with E-state index in [1.165, 1.54) is 12.1 Å². The molecule has 0 saturated heterocycles. The van der Waals surface area contributed by atoms with Gasteiger partial charge in [0.25, 0.3) is 0 Å². The third-order valence-electron chi connectivity index (χ3n) is 4.07. The van der Waals surface area contributed by atoms with E-state index in [1.807, 2.05) is 46.9 Å². The van der Waals surface area contributed by atoms with Crippen molar-refractivity contribution in [2.24, 2.45) is 0 Å². The molecule has 0 aliphatic rings. The monoisotopic (exact) mass is 342 g/mol. The number of rotatable bonds is 2. The number of pyridine rings is 1. The predicted octanol–water partition coefficient (Wildman–Crippen LogP) is 4.55. The summed E-state index contributed by atoms with van der Waals surface area (Å²) in [4.78, 5) is 4.46. The van der Waals surface area contributed by atoms with Crippen molar-refractivity contribution in [1.82, 2.24) is 9.38 Å². The SMILES string of the molecule is COc1cc(-c2ccccc2)cc2ncc(C#Cc3ccc(F)cc3)n12. The van der Waals surface area contributed by atoms with Crippen molar-refractivity contribution >= 4 is 5.65 Å². The summed E-state index contributed by atoms with van der Waals surface area (Å²) in [5, 5.41) is 0. The summed E-state index contributed by atoms with van der Waals surface area (Å²) >= 11 is 0. The van der Waals surface area contributed by atoms with Crippen molar-refractivity contribution in [2.75, 3.05) is 7.11 Å². The summed E-state index contributed by atoms with van der Waals surface area (Å²) in [5.74, 6) is 6.49. The molecule has 0 N–H and O–H groups in total. The van der Waals surface area contributed by atoms with Gasteiger partial charge in [-0.15, -0.1) is 0 Å². The number of aromatic nitrogens is 2. The summed E-state index contributed by atoms with van der Waals surface area (Å²) in [5.41, 5.74) is 4.32. The van der Waals surface area contributed by atoms with Crippen LogP contribution in [0, 0.1) is 17.7 Å². The molecule has 4 rings (SSSR count). The summed E-state index contributed by atoms with van der Waals surface area (Å²) in [6, 6.07) is 20.1. The van der Waals surface area contributed by atoms with Gasteiger partial charge in [-0.1, -0.05) is 36.3 Å². The zero-order valence-corrected chi connectivity index (χ0v) is 14.1. The van der Waals surface area contributed by atoms with Crippen molar-refractivity contribution in [3.05, 3.63) is 90.0 Å². The van der Waals surface area contributed by atoms with Crippen molar-refractivity contribution < 1.29 is 9.13 Å². The second-order valence-electron chi connectivity index (χ2n) is 5.75. The molecule has 0 amide bonds. The quantitative estimate of drug-likeness (QED) is 0.500. The number of hydrogen-bond acceptors (Lipinski definition) is 2. The van der Waals surface area contributed by atoms with Crippen LogP contribution >= 0.6 is 0 Å². The summed E-state index contributed by atoms with van der Waals surface area (Å²) < 4.78 is 20.4. The van der Waals surface area contributed by atoms with Crippen LogP contribution in [0.4, 0.5) is 4.39 Å². The Morgan fingerprint density at radius 1 is 0.923 bits per heavy atom. The molecule has 2 aromatic carbocycles. The molecule has 0 atom stereocenters. The van der Waals surface area contributed by atoms with E-state index in [0.717, 1.165) is 22.3 Å². The number of ether oxygens (including phenoxy) is 1. The lowest BCUT2D eigenvalue weighted by atomic mass is 10.1. The molecule has 3 nitrogen and oxygen atoms in total.